The van der Waals surface area contributed by atoms with Gasteiger partial charge in [0.1, 0.15) is 11.2 Å². The largest absolute Gasteiger partial charge is 0.230 e. The molecule has 0 aromatic carbocycles. The number of nitrogens with zero attached hydrogens (tertiary/aromatic N) is 1. The van der Waals surface area contributed by atoms with Crippen LogP contribution in [0.3, 0.4) is 0 Å². The van der Waals surface area contributed by atoms with Gasteiger partial charge >= 0.3 is 0 Å². The zero-order valence-electron chi connectivity index (χ0n) is 6.86. The lowest BCUT2D eigenvalue weighted by Crippen LogP contribution is -2.34. The predicted octanol–water partition coefficient (Wildman–Crippen LogP) is 2.06. The van der Waals surface area contributed by atoms with Crippen molar-refractivity contribution in [3.63, 3.8) is 0 Å². The smallest absolute Gasteiger partial charge is 0.200 e. The SMILES string of the molecule is C=CSC(=S)c1cccc[n+]1C. The molecule has 1 rings (SSSR count). The van der Waals surface area contributed by atoms with Gasteiger partial charge in [0.05, 0.1) is 0 Å². The summed E-state index contributed by atoms with van der Waals surface area (Å²) in [5.74, 6) is 0. The van der Waals surface area contributed by atoms with Crippen LogP contribution in [0.25, 0.3) is 0 Å². The molecule has 0 bridgehead atoms. The van der Waals surface area contributed by atoms with E-state index in [-0.39, 0.29) is 0 Å². The highest BCUT2D eigenvalue weighted by atomic mass is 32.2. The Morgan fingerprint density at radius 3 is 3.00 bits per heavy atom. The highest BCUT2D eigenvalue weighted by Gasteiger charge is 2.09. The van der Waals surface area contributed by atoms with Crippen LogP contribution in [0.5, 0.6) is 0 Å². The first-order valence-electron chi connectivity index (χ1n) is 3.52. The highest BCUT2D eigenvalue weighted by molar-refractivity contribution is 8.25. The Kier molecular flexibility index (Phi) is 3.44. The van der Waals surface area contributed by atoms with Gasteiger partial charge in [0.25, 0.3) is 0 Å². The van der Waals surface area contributed by atoms with Gasteiger partial charge in [0, 0.05) is 12.1 Å². The first kappa shape index (κ1) is 9.42. The maximum Gasteiger partial charge on any atom is 0.230 e. The minimum Gasteiger partial charge on any atom is -0.200 e. The molecule has 0 amide bonds. The third-order valence-corrected chi connectivity index (χ3v) is 2.54. The van der Waals surface area contributed by atoms with Gasteiger partial charge in [-0.3, -0.25) is 0 Å². The Morgan fingerprint density at radius 2 is 2.42 bits per heavy atom. The van der Waals surface area contributed by atoms with Crippen LogP contribution >= 0.6 is 24.0 Å². The van der Waals surface area contributed by atoms with E-state index in [1.807, 2.05) is 36.0 Å². The van der Waals surface area contributed by atoms with Crippen molar-refractivity contribution in [2.75, 3.05) is 0 Å². The lowest BCUT2D eigenvalue weighted by atomic mass is 10.4. The Morgan fingerprint density at radius 1 is 1.67 bits per heavy atom. The molecule has 0 atom stereocenters. The van der Waals surface area contributed by atoms with E-state index in [0.29, 0.717) is 0 Å². The summed E-state index contributed by atoms with van der Waals surface area (Å²) >= 11 is 6.65. The average molecular weight is 196 g/mol. The molecule has 1 nitrogen and oxygen atoms in total. The van der Waals surface area contributed by atoms with Gasteiger partial charge in [0.15, 0.2) is 6.20 Å². The molecule has 0 saturated carbocycles. The van der Waals surface area contributed by atoms with Crippen molar-refractivity contribution in [1.29, 1.82) is 0 Å². The van der Waals surface area contributed by atoms with Gasteiger partial charge in [-0.1, -0.05) is 30.6 Å². The Hall–Kier alpha value is -0.670. The summed E-state index contributed by atoms with van der Waals surface area (Å²) in [5, 5.41) is 1.75. The maximum absolute atomic E-state index is 5.18. The van der Waals surface area contributed by atoms with Crippen molar-refractivity contribution >= 4 is 28.2 Å². The van der Waals surface area contributed by atoms with E-state index in [0.717, 1.165) is 9.89 Å². The minimum atomic E-state index is 0.855. The normalized spacial score (nSPS) is 9.42. The van der Waals surface area contributed by atoms with Gasteiger partial charge < -0.3 is 0 Å². The van der Waals surface area contributed by atoms with E-state index >= 15 is 0 Å². The van der Waals surface area contributed by atoms with Crippen LogP contribution < -0.4 is 4.57 Å². The average Bonchev–Trinajstić information content (AvgIpc) is 2.05. The maximum atomic E-state index is 5.18. The van der Waals surface area contributed by atoms with E-state index in [1.165, 1.54) is 11.8 Å². The first-order valence-corrected chi connectivity index (χ1v) is 4.81. The number of rotatable bonds is 2. The molecule has 0 unspecified atom stereocenters. The van der Waals surface area contributed by atoms with Crippen LogP contribution in [0.1, 0.15) is 5.69 Å². The van der Waals surface area contributed by atoms with E-state index in [4.69, 9.17) is 12.2 Å². The van der Waals surface area contributed by atoms with E-state index < -0.39 is 0 Å². The quantitative estimate of drug-likeness (QED) is 0.526. The van der Waals surface area contributed by atoms with E-state index in [2.05, 4.69) is 6.58 Å². The molecule has 0 aliphatic heterocycles. The molecule has 0 N–H and O–H groups in total. The van der Waals surface area contributed by atoms with Crippen molar-refractivity contribution in [2.24, 2.45) is 7.05 Å². The zero-order valence-corrected chi connectivity index (χ0v) is 8.49. The second-order valence-electron chi connectivity index (χ2n) is 2.27. The molecule has 62 valence electrons. The summed E-state index contributed by atoms with van der Waals surface area (Å²) in [6.45, 7) is 3.62. The van der Waals surface area contributed by atoms with Crippen LogP contribution in [0.2, 0.25) is 0 Å². The second-order valence-corrected chi connectivity index (χ2v) is 3.91. The molecule has 0 spiro atoms. The summed E-state index contributed by atoms with van der Waals surface area (Å²) in [5.41, 5.74) is 1.05. The fraction of sp³-hybridized carbons (Fsp3) is 0.111. The molecule has 1 aromatic rings. The number of thiocarbonyl (C=S) groups is 1. The summed E-state index contributed by atoms with van der Waals surface area (Å²) < 4.78 is 2.85. The first-order chi connectivity index (χ1) is 5.75. The Bertz CT molecular complexity index is 307. The topological polar surface area (TPSA) is 3.88 Å². The number of aromatic nitrogens is 1. The molecule has 1 heterocycles. The van der Waals surface area contributed by atoms with Crippen LogP contribution in [0, 0.1) is 0 Å². The van der Waals surface area contributed by atoms with Gasteiger partial charge in [0.2, 0.25) is 5.69 Å². The number of pyridine rings is 1. The Labute approximate surface area is 82.1 Å². The predicted molar refractivity (Wildman–Crippen MR) is 57.1 cm³/mol. The van der Waals surface area contributed by atoms with Crippen LogP contribution in [0.4, 0.5) is 0 Å². The molecule has 0 saturated heterocycles. The van der Waals surface area contributed by atoms with Crippen molar-refractivity contribution in [3.8, 4) is 0 Å². The van der Waals surface area contributed by atoms with Crippen molar-refractivity contribution in [2.45, 2.75) is 0 Å². The number of aryl methyl sites for hydroxylation is 1. The molecule has 0 fully saturated rings. The van der Waals surface area contributed by atoms with Crippen LogP contribution in [0.15, 0.2) is 36.4 Å². The molecular formula is C9H10NS2+. The number of hydrogen-bond acceptors (Lipinski definition) is 2. The van der Waals surface area contributed by atoms with Crippen molar-refractivity contribution < 1.29 is 4.57 Å². The number of hydrogen-bond donors (Lipinski definition) is 0. The molecule has 0 radical (unpaired) electrons. The van der Waals surface area contributed by atoms with Gasteiger partial charge in [-0.15, -0.1) is 0 Å². The Balaban J connectivity index is 2.94. The standard InChI is InChI=1S/C9H10NS2/c1-3-12-9(11)8-6-4-5-7-10(8)2/h3-7H,1H2,2H3/q+1. The van der Waals surface area contributed by atoms with Gasteiger partial charge in [-0.05, 0) is 11.5 Å². The van der Waals surface area contributed by atoms with Crippen LogP contribution in [-0.2, 0) is 7.05 Å². The van der Waals surface area contributed by atoms with Gasteiger partial charge in [-0.2, -0.15) is 4.57 Å². The summed E-state index contributed by atoms with van der Waals surface area (Å²) in [7, 11) is 1.98. The van der Waals surface area contributed by atoms with E-state index in [9.17, 15) is 0 Å². The minimum absolute atomic E-state index is 0.855. The van der Waals surface area contributed by atoms with Crippen LogP contribution in [-0.4, -0.2) is 4.20 Å². The van der Waals surface area contributed by atoms with Crippen molar-refractivity contribution in [1.82, 2.24) is 0 Å². The second kappa shape index (κ2) is 4.38. The molecule has 1 aromatic heterocycles. The zero-order chi connectivity index (χ0) is 8.97. The fourth-order valence-corrected chi connectivity index (χ4v) is 1.77. The monoisotopic (exact) mass is 196 g/mol. The third-order valence-electron chi connectivity index (χ3n) is 1.45. The molecule has 3 heteroatoms. The summed E-state index contributed by atoms with van der Waals surface area (Å²) in [4.78, 5) is 0. The number of thioether (sulfide) groups is 1. The molecule has 12 heavy (non-hydrogen) atoms. The van der Waals surface area contributed by atoms with E-state index in [1.54, 1.807) is 5.41 Å². The molecule has 0 aliphatic rings. The molecule has 0 aliphatic carbocycles. The van der Waals surface area contributed by atoms with Crippen molar-refractivity contribution in [3.05, 3.63) is 42.1 Å². The summed E-state index contributed by atoms with van der Waals surface area (Å²) in [6.07, 6.45) is 1.98. The lowest BCUT2D eigenvalue weighted by molar-refractivity contribution is -0.672. The van der Waals surface area contributed by atoms with Gasteiger partial charge in [-0.25, -0.2) is 0 Å². The lowest BCUT2D eigenvalue weighted by Gasteiger charge is -1.96. The fourth-order valence-electron chi connectivity index (χ4n) is 0.871. The molecular weight excluding hydrogens is 186 g/mol. The third kappa shape index (κ3) is 2.16. The highest BCUT2D eigenvalue weighted by Crippen LogP contribution is 2.10. The summed E-state index contributed by atoms with van der Waals surface area (Å²) in [6, 6.07) is 5.95.